The maximum absolute atomic E-state index is 12.9. The molecule has 1 N–H and O–H groups in total. The second kappa shape index (κ2) is 6.21. The van der Waals surface area contributed by atoms with Gasteiger partial charge in [-0.15, -0.1) is 11.3 Å². The van der Waals surface area contributed by atoms with Gasteiger partial charge in [-0.1, -0.05) is 0 Å². The Morgan fingerprint density at radius 3 is 2.83 bits per heavy atom. The molecule has 1 saturated heterocycles. The molecule has 0 spiro atoms. The summed E-state index contributed by atoms with van der Waals surface area (Å²) in [5.74, 6) is 0.441. The lowest BCUT2D eigenvalue weighted by Crippen LogP contribution is -2.44. The molecule has 1 amide bonds. The van der Waals surface area contributed by atoms with E-state index in [0.29, 0.717) is 36.2 Å². The van der Waals surface area contributed by atoms with E-state index < -0.39 is 0 Å². The van der Waals surface area contributed by atoms with Crippen LogP contribution in [-0.2, 0) is 4.74 Å². The van der Waals surface area contributed by atoms with Crippen LogP contribution in [0.25, 0.3) is 0 Å². The van der Waals surface area contributed by atoms with Crippen LogP contribution >= 0.6 is 11.3 Å². The lowest BCUT2D eigenvalue weighted by Gasteiger charge is -2.35. The molecular weight excluding hydrogens is 316 g/mol. The van der Waals surface area contributed by atoms with Crippen molar-refractivity contribution in [2.24, 2.45) is 0 Å². The average Bonchev–Trinajstić information content (AvgIpc) is 2.84. The first-order valence-corrected chi connectivity index (χ1v) is 8.18. The maximum Gasteiger partial charge on any atom is 0.266 e. The highest BCUT2D eigenvalue weighted by Crippen LogP contribution is 2.27. The Balaban J connectivity index is 1.97. The van der Waals surface area contributed by atoms with E-state index >= 15 is 0 Å². The van der Waals surface area contributed by atoms with E-state index in [4.69, 9.17) is 4.74 Å². The van der Waals surface area contributed by atoms with Crippen LogP contribution in [0.1, 0.15) is 37.9 Å². The van der Waals surface area contributed by atoms with E-state index in [2.05, 4.69) is 15.0 Å². The van der Waals surface area contributed by atoms with E-state index in [1.165, 1.54) is 17.4 Å². The molecule has 2 aromatic heterocycles. The standard InChI is InChI=1S/C15H18N4O3S/c1-8-14(23-10(3)16-8)15(21)19-4-5-22-7-12(19)11-6-13(20)18-9(2)17-11/h6,12H,4-5,7H2,1-3H3,(H,17,18,20). The predicted octanol–water partition coefficient (Wildman–Crippen LogP) is 1.37. The molecule has 1 aliphatic rings. The zero-order valence-electron chi connectivity index (χ0n) is 13.3. The number of ether oxygens (including phenoxy) is 1. The molecule has 2 aromatic rings. The maximum atomic E-state index is 12.9. The SMILES string of the molecule is Cc1nc(C2COCCN2C(=O)c2sc(C)nc2C)cc(=O)[nH]1. The molecule has 7 nitrogen and oxygen atoms in total. The number of rotatable bonds is 2. The van der Waals surface area contributed by atoms with Gasteiger partial charge in [-0.2, -0.15) is 0 Å². The largest absolute Gasteiger partial charge is 0.377 e. The lowest BCUT2D eigenvalue weighted by atomic mass is 10.1. The number of H-pyrrole nitrogens is 1. The number of hydrogen-bond acceptors (Lipinski definition) is 6. The number of morpholine rings is 1. The highest BCUT2D eigenvalue weighted by atomic mass is 32.1. The van der Waals surface area contributed by atoms with Gasteiger partial charge in [0.15, 0.2) is 0 Å². The summed E-state index contributed by atoms with van der Waals surface area (Å²) in [4.78, 5) is 38.3. The van der Waals surface area contributed by atoms with E-state index in [-0.39, 0.29) is 17.5 Å². The number of carbonyl (C=O) groups is 1. The smallest absolute Gasteiger partial charge is 0.266 e. The van der Waals surface area contributed by atoms with Gasteiger partial charge >= 0.3 is 0 Å². The minimum absolute atomic E-state index is 0.0823. The number of aromatic amines is 1. The zero-order chi connectivity index (χ0) is 16.6. The van der Waals surface area contributed by atoms with E-state index in [0.717, 1.165) is 10.7 Å². The highest BCUT2D eigenvalue weighted by molar-refractivity contribution is 7.13. The molecule has 0 aliphatic carbocycles. The van der Waals surface area contributed by atoms with Crippen molar-refractivity contribution in [3.63, 3.8) is 0 Å². The van der Waals surface area contributed by atoms with Crippen molar-refractivity contribution in [1.29, 1.82) is 0 Å². The highest BCUT2D eigenvalue weighted by Gasteiger charge is 2.32. The number of aromatic nitrogens is 3. The molecule has 0 saturated carbocycles. The summed E-state index contributed by atoms with van der Waals surface area (Å²) in [6, 6.07) is 1.07. The Morgan fingerprint density at radius 2 is 2.17 bits per heavy atom. The Labute approximate surface area is 137 Å². The summed E-state index contributed by atoms with van der Waals surface area (Å²) in [5, 5.41) is 0.862. The van der Waals surface area contributed by atoms with Gasteiger partial charge in [0, 0.05) is 12.6 Å². The second-order valence-corrected chi connectivity index (χ2v) is 6.70. The summed E-state index contributed by atoms with van der Waals surface area (Å²) in [6.07, 6.45) is 0. The van der Waals surface area contributed by atoms with Crippen molar-refractivity contribution in [2.45, 2.75) is 26.8 Å². The molecular formula is C15H18N4O3S. The van der Waals surface area contributed by atoms with Crippen LogP contribution in [0.5, 0.6) is 0 Å². The van der Waals surface area contributed by atoms with Crippen LogP contribution < -0.4 is 5.56 Å². The minimum atomic E-state index is -0.362. The number of thiazole rings is 1. The van der Waals surface area contributed by atoms with Crippen LogP contribution in [0.15, 0.2) is 10.9 Å². The van der Waals surface area contributed by atoms with Gasteiger partial charge in [0.05, 0.1) is 35.7 Å². The molecule has 122 valence electrons. The lowest BCUT2D eigenvalue weighted by molar-refractivity contribution is -0.00380. The van der Waals surface area contributed by atoms with Gasteiger partial charge in [-0.3, -0.25) is 9.59 Å². The van der Waals surface area contributed by atoms with Crippen LogP contribution in [0, 0.1) is 20.8 Å². The van der Waals surface area contributed by atoms with Crippen molar-refractivity contribution in [3.8, 4) is 0 Å². The summed E-state index contributed by atoms with van der Waals surface area (Å²) < 4.78 is 5.51. The van der Waals surface area contributed by atoms with Crippen molar-refractivity contribution in [2.75, 3.05) is 19.8 Å². The molecule has 1 atom stereocenters. The van der Waals surface area contributed by atoms with E-state index in [9.17, 15) is 9.59 Å². The first-order chi connectivity index (χ1) is 11.0. The Bertz CT molecular complexity index is 798. The van der Waals surface area contributed by atoms with Gasteiger partial charge in [-0.25, -0.2) is 9.97 Å². The Hall–Kier alpha value is -2.06. The van der Waals surface area contributed by atoms with Crippen LogP contribution in [0.2, 0.25) is 0 Å². The molecule has 0 bridgehead atoms. The number of amides is 1. The van der Waals surface area contributed by atoms with Crippen LogP contribution in [-0.4, -0.2) is 45.5 Å². The minimum Gasteiger partial charge on any atom is -0.377 e. The van der Waals surface area contributed by atoms with Gasteiger partial charge in [-0.05, 0) is 20.8 Å². The van der Waals surface area contributed by atoms with Crippen molar-refractivity contribution >= 4 is 17.2 Å². The Morgan fingerprint density at radius 1 is 1.39 bits per heavy atom. The van der Waals surface area contributed by atoms with Gasteiger partial charge in [0.2, 0.25) is 0 Å². The molecule has 0 aromatic carbocycles. The molecule has 3 rings (SSSR count). The number of nitrogens with zero attached hydrogens (tertiary/aromatic N) is 3. The normalized spacial score (nSPS) is 18.2. The number of nitrogens with one attached hydrogen (secondary N) is 1. The fourth-order valence-corrected chi connectivity index (χ4v) is 3.60. The third-order valence-electron chi connectivity index (χ3n) is 3.71. The van der Waals surface area contributed by atoms with Gasteiger partial charge in [0.25, 0.3) is 11.5 Å². The summed E-state index contributed by atoms with van der Waals surface area (Å²) in [6.45, 7) is 6.71. The first kappa shape index (κ1) is 15.8. The molecule has 0 radical (unpaired) electrons. The number of carbonyl (C=O) groups excluding carboxylic acids is 1. The third-order valence-corrected chi connectivity index (χ3v) is 4.77. The summed E-state index contributed by atoms with van der Waals surface area (Å²) in [7, 11) is 0. The van der Waals surface area contributed by atoms with Crippen LogP contribution in [0.3, 0.4) is 0 Å². The van der Waals surface area contributed by atoms with Crippen LogP contribution in [0.4, 0.5) is 0 Å². The van der Waals surface area contributed by atoms with Gasteiger partial charge < -0.3 is 14.6 Å². The number of aryl methyl sites for hydroxylation is 3. The summed E-state index contributed by atoms with van der Waals surface area (Å²) in [5.41, 5.74) is 1.06. The fraction of sp³-hybridized carbons (Fsp3) is 0.467. The molecule has 1 fully saturated rings. The fourth-order valence-electron chi connectivity index (χ4n) is 2.73. The summed E-state index contributed by atoms with van der Waals surface area (Å²) >= 11 is 1.39. The van der Waals surface area contributed by atoms with Gasteiger partial charge in [0.1, 0.15) is 10.7 Å². The molecule has 8 heteroatoms. The first-order valence-electron chi connectivity index (χ1n) is 7.36. The topological polar surface area (TPSA) is 88.2 Å². The van der Waals surface area contributed by atoms with Crippen molar-refractivity contribution in [1.82, 2.24) is 19.9 Å². The molecule has 1 aliphatic heterocycles. The third kappa shape index (κ3) is 3.18. The van der Waals surface area contributed by atoms with Crippen molar-refractivity contribution < 1.29 is 9.53 Å². The molecule has 23 heavy (non-hydrogen) atoms. The van der Waals surface area contributed by atoms with Crippen molar-refractivity contribution in [3.05, 3.63) is 43.5 Å². The van der Waals surface area contributed by atoms with E-state index in [1.54, 1.807) is 11.8 Å². The monoisotopic (exact) mass is 334 g/mol. The average molecular weight is 334 g/mol. The second-order valence-electron chi connectivity index (χ2n) is 5.49. The predicted molar refractivity (Wildman–Crippen MR) is 85.8 cm³/mol. The molecule has 3 heterocycles. The Kier molecular flexibility index (Phi) is 4.27. The zero-order valence-corrected chi connectivity index (χ0v) is 14.1. The number of hydrogen-bond donors (Lipinski definition) is 1. The van der Waals surface area contributed by atoms with E-state index in [1.807, 2.05) is 13.8 Å². The molecule has 1 unspecified atom stereocenters. The quantitative estimate of drug-likeness (QED) is 0.896.